The first-order chi connectivity index (χ1) is 12.9. The highest BCUT2D eigenvalue weighted by Crippen LogP contribution is 2.55. The third-order valence-corrected chi connectivity index (χ3v) is 8.62. The fraction of sp³-hybridized carbons (Fsp3) is 0.650. The van der Waals surface area contributed by atoms with Gasteiger partial charge >= 0.3 is 0 Å². The molecule has 0 aromatic heterocycles. The number of benzene rings is 1. The van der Waals surface area contributed by atoms with Crippen molar-refractivity contribution in [1.29, 1.82) is 0 Å². The number of rotatable bonds is 5. The molecule has 3 aliphatic rings. The van der Waals surface area contributed by atoms with Crippen LogP contribution < -0.4 is 0 Å². The molecule has 1 amide bonds. The zero-order valence-corrected chi connectivity index (χ0v) is 16.6. The molecular formula is C20H28N2O4S. The van der Waals surface area contributed by atoms with E-state index in [2.05, 4.69) is 0 Å². The Balaban J connectivity index is 1.63. The molecule has 0 bridgehead atoms. The largest absolute Gasteiger partial charge is 0.395 e. The van der Waals surface area contributed by atoms with Gasteiger partial charge in [-0.3, -0.25) is 4.79 Å². The van der Waals surface area contributed by atoms with Crippen LogP contribution in [-0.2, 0) is 14.8 Å². The van der Waals surface area contributed by atoms with Crippen LogP contribution in [0, 0.1) is 5.92 Å². The van der Waals surface area contributed by atoms with Crippen molar-refractivity contribution in [2.24, 2.45) is 5.92 Å². The van der Waals surface area contributed by atoms with Gasteiger partial charge in [-0.05, 0) is 25.3 Å². The Kier molecular flexibility index (Phi) is 4.81. The van der Waals surface area contributed by atoms with Gasteiger partial charge in [0.15, 0.2) is 0 Å². The maximum absolute atomic E-state index is 12.8. The minimum absolute atomic E-state index is 0.00330. The summed E-state index contributed by atoms with van der Waals surface area (Å²) in [5.74, 6) is 0.190. The second kappa shape index (κ2) is 6.87. The molecular weight excluding hydrogens is 364 g/mol. The van der Waals surface area contributed by atoms with E-state index in [0.29, 0.717) is 13.1 Å². The molecule has 4 rings (SSSR count). The van der Waals surface area contributed by atoms with Gasteiger partial charge < -0.3 is 10.0 Å². The van der Waals surface area contributed by atoms with Crippen LogP contribution in [0.4, 0.5) is 0 Å². The van der Waals surface area contributed by atoms with E-state index in [1.807, 2.05) is 35.2 Å². The minimum atomic E-state index is -3.46. The molecule has 2 aliphatic heterocycles. The smallest absolute Gasteiger partial charge is 0.225 e. The monoisotopic (exact) mass is 392 g/mol. The quantitative estimate of drug-likeness (QED) is 0.825. The highest BCUT2D eigenvalue weighted by atomic mass is 32.2. The van der Waals surface area contributed by atoms with E-state index < -0.39 is 21.6 Å². The van der Waals surface area contributed by atoms with E-state index >= 15 is 0 Å². The summed E-state index contributed by atoms with van der Waals surface area (Å²) in [7, 11) is -3.46. The molecule has 1 aromatic carbocycles. The van der Waals surface area contributed by atoms with Crippen molar-refractivity contribution in [3.63, 3.8) is 0 Å². The number of aliphatic hydroxyl groups excluding tert-OH is 1. The first kappa shape index (κ1) is 18.9. The van der Waals surface area contributed by atoms with Crippen molar-refractivity contribution in [1.82, 2.24) is 9.21 Å². The van der Waals surface area contributed by atoms with Gasteiger partial charge in [0.25, 0.3) is 0 Å². The fourth-order valence-corrected chi connectivity index (χ4v) is 7.07. The lowest BCUT2D eigenvalue weighted by molar-refractivity contribution is -0.170. The van der Waals surface area contributed by atoms with E-state index in [1.165, 1.54) is 4.31 Å². The second-order valence-electron chi connectivity index (χ2n) is 8.11. The molecule has 0 unspecified atom stereocenters. The Morgan fingerprint density at radius 2 is 1.81 bits per heavy atom. The van der Waals surface area contributed by atoms with E-state index in [-0.39, 0.29) is 30.1 Å². The standard InChI is InChI=1S/C20H28N2O4S/c1-2-27(25,26)22-17(12-23)18(15-8-4-3-5-9-15)20(22)13-21(14-20)19(24)16-10-6-7-11-16/h3-5,8-9,16-18,23H,2,6-7,10-14H2,1H3/t17-,18-/m0/s1. The molecule has 2 heterocycles. The Hall–Kier alpha value is -1.44. The Morgan fingerprint density at radius 3 is 2.37 bits per heavy atom. The fourth-order valence-electron chi connectivity index (χ4n) is 5.41. The number of aliphatic hydroxyl groups is 1. The maximum atomic E-state index is 12.8. The zero-order valence-electron chi connectivity index (χ0n) is 15.8. The first-order valence-corrected chi connectivity index (χ1v) is 11.5. The summed E-state index contributed by atoms with van der Waals surface area (Å²) in [5.41, 5.74) is 0.421. The summed E-state index contributed by atoms with van der Waals surface area (Å²) in [4.78, 5) is 14.6. The van der Waals surface area contributed by atoms with Crippen LogP contribution in [0.1, 0.15) is 44.1 Å². The molecule has 6 nitrogen and oxygen atoms in total. The van der Waals surface area contributed by atoms with Crippen molar-refractivity contribution in [3.05, 3.63) is 35.9 Å². The third kappa shape index (κ3) is 2.82. The minimum Gasteiger partial charge on any atom is -0.395 e. The predicted molar refractivity (Wildman–Crippen MR) is 103 cm³/mol. The van der Waals surface area contributed by atoms with Crippen LogP contribution in [0.5, 0.6) is 0 Å². The van der Waals surface area contributed by atoms with Crippen LogP contribution in [0.15, 0.2) is 30.3 Å². The van der Waals surface area contributed by atoms with Crippen molar-refractivity contribution < 1.29 is 18.3 Å². The normalized spacial score (nSPS) is 28.1. The summed E-state index contributed by atoms with van der Waals surface area (Å²) >= 11 is 0. The van der Waals surface area contributed by atoms with E-state index in [9.17, 15) is 18.3 Å². The van der Waals surface area contributed by atoms with Crippen LogP contribution in [-0.4, -0.2) is 65.7 Å². The predicted octanol–water partition coefficient (Wildman–Crippen LogP) is 1.57. The van der Waals surface area contributed by atoms with E-state index in [1.54, 1.807) is 6.92 Å². The van der Waals surface area contributed by atoms with Gasteiger partial charge in [-0.1, -0.05) is 43.2 Å². The molecule has 3 fully saturated rings. The molecule has 0 radical (unpaired) electrons. The summed E-state index contributed by atoms with van der Waals surface area (Å²) < 4.78 is 27.1. The summed E-state index contributed by atoms with van der Waals surface area (Å²) in [6.07, 6.45) is 4.09. The van der Waals surface area contributed by atoms with Gasteiger partial charge in [-0.2, -0.15) is 4.31 Å². The molecule has 1 aliphatic carbocycles. The van der Waals surface area contributed by atoms with Crippen LogP contribution >= 0.6 is 0 Å². The lowest BCUT2D eigenvalue weighted by Gasteiger charge is -2.69. The molecule has 7 heteroatoms. The van der Waals surface area contributed by atoms with E-state index in [0.717, 1.165) is 31.2 Å². The third-order valence-electron chi connectivity index (χ3n) is 6.66. The highest BCUT2D eigenvalue weighted by Gasteiger charge is 2.70. The molecule has 27 heavy (non-hydrogen) atoms. The summed E-state index contributed by atoms with van der Waals surface area (Å²) in [6, 6.07) is 9.34. The van der Waals surface area contributed by atoms with Gasteiger partial charge in [-0.25, -0.2) is 8.42 Å². The van der Waals surface area contributed by atoms with Crippen LogP contribution in [0.3, 0.4) is 0 Å². The maximum Gasteiger partial charge on any atom is 0.225 e. The van der Waals surface area contributed by atoms with Gasteiger partial charge in [0, 0.05) is 24.9 Å². The van der Waals surface area contributed by atoms with E-state index in [4.69, 9.17) is 0 Å². The summed E-state index contributed by atoms with van der Waals surface area (Å²) in [5, 5.41) is 9.96. The Labute approximate surface area is 161 Å². The number of nitrogens with zero attached hydrogens (tertiary/aromatic N) is 2. The molecule has 2 atom stereocenters. The molecule has 1 N–H and O–H groups in total. The lowest BCUT2D eigenvalue weighted by Crippen LogP contribution is -2.86. The Morgan fingerprint density at radius 1 is 1.19 bits per heavy atom. The number of hydrogen-bond acceptors (Lipinski definition) is 4. The zero-order chi connectivity index (χ0) is 19.2. The topological polar surface area (TPSA) is 77.9 Å². The molecule has 2 saturated heterocycles. The van der Waals surface area contributed by atoms with Crippen LogP contribution in [0.2, 0.25) is 0 Å². The number of hydrogen-bond donors (Lipinski definition) is 1. The average Bonchev–Trinajstić information content (AvgIpc) is 3.15. The van der Waals surface area contributed by atoms with Gasteiger partial charge in [0.1, 0.15) is 0 Å². The summed E-state index contributed by atoms with van der Waals surface area (Å²) in [6.45, 7) is 2.28. The molecule has 1 saturated carbocycles. The highest BCUT2D eigenvalue weighted by molar-refractivity contribution is 7.89. The van der Waals surface area contributed by atoms with Gasteiger partial charge in [-0.15, -0.1) is 0 Å². The van der Waals surface area contributed by atoms with Crippen LogP contribution in [0.25, 0.3) is 0 Å². The number of likely N-dealkylation sites (tertiary alicyclic amines) is 1. The molecule has 1 aromatic rings. The second-order valence-corrected chi connectivity index (χ2v) is 10.2. The first-order valence-electron chi connectivity index (χ1n) is 9.91. The number of sulfonamides is 1. The lowest BCUT2D eigenvalue weighted by atomic mass is 9.62. The number of carbonyl (C=O) groups is 1. The average molecular weight is 393 g/mol. The number of amides is 1. The Bertz CT molecular complexity index is 799. The van der Waals surface area contributed by atoms with Crippen molar-refractivity contribution in [3.8, 4) is 0 Å². The van der Waals surface area contributed by atoms with Gasteiger partial charge in [0.2, 0.25) is 15.9 Å². The number of carbonyl (C=O) groups excluding carboxylic acids is 1. The van der Waals surface area contributed by atoms with Crippen molar-refractivity contribution >= 4 is 15.9 Å². The van der Waals surface area contributed by atoms with Crippen molar-refractivity contribution in [2.75, 3.05) is 25.4 Å². The van der Waals surface area contributed by atoms with Gasteiger partial charge in [0.05, 0.1) is 23.9 Å². The van der Waals surface area contributed by atoms with Crippen molar-refractivity contribution in [2.45, 2.75) is 50.1 Å². The molecule has 1 spiro atoms. The SMILES string of the molecule is CCS(=O)(=O)N1[C@@H](CO)[C@H](c2ccccc2)C12CN(C(=O)C1CCCC1)C2. The molecule has 148 valence electrons.